The Morgan fingerprint density at radius 1 is 0.902 bits per heavy atom. The normalized spacial score (nSPS) is 11.5. The fourth-order valence-electron chi connectivity index (χ4n) is 4.23. The Kier molecular flexibility index (Phi) is 10.5. The van der Waals surface area contributed by atoms with Crippen LogP contribution in [-0.4, -0.2) is 25.7 Å². The number of carbonyl (C=O) groups excluding carboxylic acids is 1. The molecule has 0 bridgehead atoms. The fraction of sp³-hybridized carbons (Fsp3) is 0.212. The molecule has 0 aliphatic carbocycles. The minimum absolute atomic E-state index is 0.0681. The molecule has 0 fully saturated rings. The van der Waals surface area contributed by atoms with Gasteiger partial charge in [0.2, 0.25) is 0 Å². The van der Waals surface area contributed by atoms with E-state index in [2.05, 4.69) is 5.32 Å². The monoisotopic (exact) mass is 556 g/mol. The van der Waals surface area contributed by atoms with Gasteiger partial charge in [-0.2, -0.15) is 5.26 Å². The van der Waals surface area contributed by atoms with Crippen LogP contribution in [0.15, 0.2) is 91.0 Å². The van der Waals surface area contributed by atoms with Gasteiger partial charge in [0, 0.05) is 18.7 Å². The van der Waals surface area contributed by atoms with Crippen molar-refractivity contribution in [2.24, 2.45) is 0 Å². The van der Waals surface area contributed by atoms with Gasteiger partial charge in [-0.25, -0.2) is 8.78 Å². The Balaban J connectivity index is 1.45. The first-order valence-corrected chi connectivity index (χ1v) is 13.2. The maximum absolute atomic E-state index is 15.4. The molecule has 0 aromatic heterocycles. The van der Waals surface area contributed by atoms with Gasteiger partial charge in [-0.3, -0.25) is 4.79 Å². The summed E-state index contributed by atoms with van der Waals surface area (Å²) in [7, 11) is 0. The Labute approximate surface area is 238 Å². The molecule has 6 nitrogen and oxygen atoms in total. The summed E-state index contributed by atoms with van der Waals surface area (Å²) >= 11 is 0. The van der Waals surface area contributed by atoms with Gasteiger partial charge in [-0.05, 0) is 53.9 Å². The van der Waals surface area contributed by atoms with Crippen LogP contribution in [0.4, 0.5) is 8.78 Å². The molecule has 4 aromatic rings. The quantitative estimate of drug-likeness (QED) is 0.190. The SMILES string of the molecule is CCOC(C(=O)NCc1ccc(C#N)cc1)c1c(F)cc(-c2ccccc2OCCOCc2ccccc2)cc1F. The molecule has 0 saturated heterocycles. The topological polar surface area (TPSA) is 80.6 Å². The van der Waals surface area contributed by atoms with E-state index >= 15 is 8.78 Å². The number of hydrogen-bond acceptors (Lipinski definition) is 5. The average Bonchev–Trinajstić information content (AvgIpc) is 3.00. The van der Waals surface area contributed by atoms with Crippen molar-refractivity contribution in [3.63, 3.8) is 0 Å². The molecule has 8 heteroatoms. The smallest absolute Gasteiger partial charge is 0.254 e. The average molecular weight is 557 g/mol. The zero-order valence-corrected chi connectivity index (χ0v) is 22.6. The lowest BCUT2D eigenvalue weighted by Gasteiger charge is -2.20. The predicted octanol–water partition coefficient (Wildman–Crippen LogP) is 6.49. The van der Waals surface area contributed by atoms with E-state index in [4.69, 9.17) is 19.5 Å². The summed E-state index contributed by atoms with van der Waals surface area (Å²) in [6, 6.07) is 27.7. The first-order chi connectivity index (χ1) is 20.0. The van der Waals surface area contributed by atoms with Gasteiger partial charge in [0.25, 0.3) is 5.91 Å². The maximum Gasteiger partial charge on any atom is 0.254 e. The lowest BCUT2D eigenvalue weighted by atomic mass is 9.99. The van der Waals surface area contributed by atoms with Crippen LogP contribution in [0, 0.1) is 23.0 Å². The number of nitrogens with one attached hydrogen (secondary N) is 1. The van der Waals surface area contributed by atoms with Crippen molar-refractivity contribution in [2.45, 2.75) is 26.2 Å². The lowest BCUT2D eigenvalue weighted by Crippen LogP contribution is -2.31. The molecule has 0 saturated carbocycles. The predicted molar refractivity (Wildman–Crippen MR) is 151 cm³/mol. The fourth-order valence-corrected chi connectivity index (χ4v) is 4.23. The number of carbonyl (C=O) groups is 1. The van der Waals surface area contributed by atoms with Crippen molar-refractivity contribution in [3.05, 3.63) is 125 Å². The number of ether oxygens (including phenoxy) is 3. The van der Waals surface area contributed by atoms with E-state index in [-0.39, 0.29) is 25.3 Å². The minimum atomic E-state index is -1.49. The number of benzene rings is 4. The van der Waals surface area contributed by atoms with Crippen molar-refractivity contribution >= 4 is 5.91 Å². The molecule has 41 heavy (non-hydrogen) atoms. The van der Waals surface area contributed by atoms with Gasteiger partial charge in [0.05, 0.1) is 30.4 Å². The van der Waals surface area contributed by atoms with E-state index in [1.165, 1.54) is 12.1 Å². The molecule has 1 N–H and O–H groups in total. The van der Waals surface area contributed by atoms with Gasteiger partial charge in [-0.1, -0.05) is 60.7 Å². The van der Waals surface area contributed by atoms with Gasteiger partial charge in [0.15, 0.2) is 6.10 Å². The van der Waals surface area contributed by atoms with Gasteiger partial charge in [-0.15, -0.1) is 0 Å². The minimum Gasteiger partial charge on any atom is -0.491 e. The summed E-state index contributed by atoms with van der Waals surface area (Å²) in [6.07, 6.45) is -1.49. The summed E-state index contributed by atoms with van der Waals surface area (Å²) in [5, 5.41) is 11.6. The Bertz CT molecular complexity index is 1460. The highest BCUT2D eigenvalue weighted by molar-refractivity contribution is 5.83. The Hall–Kier alpha value is -4.58. The number of nitrogens with zero attached hydrogens (tertiary/aromatic N) is 1. The third-order valence-corrected chi connectivity index (χ3v) is 6.26. The molecule has 0 radical (unpaired) electrons. The van der Waals surface area contributed by atoms with Crippen LogP contribution in [0.3, 0.4) is 0 Å². The van der Waals surface area contributed by atoms with Crippen LogP contribution in [0.25, 0.3) is 11.1 Å². The van der Waals surface area contributed by atoms with Crippen molar-refractivity contribution in [3.8, 4) is 22.9 Å². The van der Waals surface area contributed by atoms with Crippen molar-refractivity contribution in [2.75, 3.05) is 19.8 Å². The standard InChI is InChI=1S/C33H30F2N2O4/c1-2-40-32(33(38)37-21-24-14-12-23(20-36)13-15-24)31-28(34)18-26(19-29(31)35)27-10-6-7-11-30(27)41-17-16-39-22-25-8-4-3-5-9-25/h3-15,18-19,32H,2,16-17,21-22H2,1H3,(H,37,38). The van der Waals surface area contributed by atoms with Crippen LogP contribution in [0.2, 0.25) is 0 Å². The number of hydrogen-bond donors (Lipinski definition) is 1. The molecule has 0 aliphatic heterocycles. The largest absolute Gasteiger partial charge is 0.491 e. The molecule has 0 heterocycles. The van der Waals surface area contributed by atoms with Crippen molar-refractivity contribution in [1.82, 2.24) is 5.32 Å². The number of rotatable bonds is 13. The van der Waals surface area contributed by atoms with E-state index in [0.717, 1.165) is 11.1 Å². The summed E-state index contributed by atoms with van der Waals surface area (Å²) in [5.74, 6) is -2.05. The highest BCUT2D eigenvalue weighted by Gasteiger charge is 2.28. The number of halogens is 2. The highest BCUT2D eigenvalue weighted by Crippen LogP contribution is 2.34. The molecule has 4 rings (SSSR count). The zero-order valence-electron chi connectivity index (χ0n) is 22.6. The van der Waals surface area contributed by atoms with Crippen LogP contribution in [0.5, 0.6) is 5.75 Å². The molecule has 1 amide bonds. The number of amides is 1. The molecule has 210 valence electrons. The maximum atomic E-state index is 15.4. The molecule has 1 unspecified atom stereocenters. The molecule has 1 atom stereocenters. The van der Waals surface area contributed by atoms with Crippen molar-refractivity contribution < 1.29 is 27.8 Å². The van der Waals surface area contributed by atoms with E-state index in [1.807, 2.05) is 36.4 Å². The molecular weight excluding hydrogens is 526 g/mol. The first-order valence-electron chi connectivity index (χ1n) is 13.2. The van der Waals surface area contributed by atoms with Crippen LogP contribution >= 0.6 is 0 Å². The van der Waals surface area contributed by atoms with E-state index in [9.17, 15) is 4.79 Å². The number of para-hydroxylation sites is 1. The Morgan fingerprint density at radius 2 is 1.59 bits per heavy atom. The second kappa shape index (κ2) is 14.7. The lowest BCUT2D eigenvalue weighted by molar-refractivity contribution is -0.133. The van der Waals surface area contributed by atoms with E-state index in [0.29, 0.717) is 30.1 Å². The van der Waals surface area contributed by atoms with Gasteiger partial charge in [0.1, 0.15) is 24.0 Å². The number of nitriles is 1. The summed E-state index contributed by atoms with van der Waals surface area (Å²) < 4.78 is 47.9. The zero-order chi connectivity index (χ0) is 29.0. The van der Waals surface area contributed by atoms with E-state index < -0.39 is 29.2 Å². The first kappa shape index (κ1) is 29.4. The third kappa shape index (κ3) is 7.98. The van der Waals surface area contributed by atoms with Gasteiger partial charge < -0.3 is 19.5 Å². The van der Waals surface area contributed by atoms with Crippen molar-refractivity contribution in [1.29, 1.82) is 5.26 Å². The second-order valence-corrected chi connectivity index (χ2v) is 9.10. The molecule has 0 spiro atoms. The summed E-state index contributed by atoms with van der Waals surface area (Å²) in [6.45, 7) is 2.85. The molecule has 0 aliphatic rings. The summed E-state index contributed by atoms with van der Waals surface area (Å²) in [4.78, 5) is 13.0. The molecule has 4 aromatic carbocycles. The highest BCUT2D eigenvalue weighted by atomic mass is 19.1. The van der Waals surface area contributed by atoms with Crippen LogP contribution in [-0.2, 0) is 27.4 Å². The van der Waals surface area contributed by atoms with E-state index in [1.54, 1.807) is 55.5 Å². The molecular formula is C33H30F2N2O4. The van der Waals surface area contributed by atoms with Gasteiger partial charge >= 0.3 is 0 Å². The van der Waals surface area contributed by atoms with Crippen LogP contribution in [0.1, 0.15) is 35.3 Å². The third-order valence-electron chi connectivity index (χ3n) is 6.26. The van der Waals surface area contributed by atoms with Crippen LogP contribution < -0.4 is 10.1 Å². The Morgan fingerprint density at radius 3 is 2.27 bits per heavy atom. The summed E-state index contributed by atoms with van der Waals surface area (Å²) in [5.41, 5.74) is 2.55. The second-order valence-electron chi connectivity index (χ2n) is 9.10.